The first-order valence-electron chi connectivity index (χ1n) is 7.83. The molecule has 1 heterocycles. The minimum Gasteiger partial charge on any atom is -0.315 e. The van der Waals surface area contributed by atoms with Crippen LogP contribution in [0.5, 0.6) is 0 Å². The van der Waals surface area contributed by atoms with Gasteiger partial charge < -0.3 is 15.1 Å². The molecule has 0 aromatic heterocycles. The van der Waals surface area contributed by atoms with Gasteiger partial charge in [0.15, 0.2) is 0 Å². The van der Waals surface area contributed by atoms with Crippen LogP contribution in [-0.2, 0) is 0 Å². The molecule has 1 fully saturated rings. The lowest BCUT2D eigenvalue weighted by molar-refractivity contribution is 0.220. The molecule has 0 radical (unpaired) electrons. The average molecular weight is 255 g/mol. The van der Waals surface area contributed by atoms with Crippen LogP contribution in [0.1, 0.15) is 45.4 Å². The van der Waals surface area contributed by atoms with Crippen LogP contribution >= 0.6 is 0 Å². The standard InChI is InChI=1S/C15H33N3/c1-4-5-6-7-10-16-11-13-17(2)14-15-9-8-12-18(15)3/h15-16H,4-14H2,1-3H3. The average Bonchev–Trinajstić information content (AvgIpc) is 2.74. The molecule has 1 atom stereocenters. The van der Waals surface area contributed by atoms with Gasteiger partial charge in [0.1, 0.15) is 0 Å². The Balaban J connectivity index is 1.92. The summed E-state index contributed by atoms with van der Waals surface area (Å²) in [4.78, 5) is 4.99. The highest BCUT2D eigenvalue weighted by molar-refractivity contribution is 4.78. The van der Waals surface area contributed by atoms with Crippen molar-refractivity contribution in [2.45, 2.75) is 51.5 Å². The van der Waals surface area contributed by atoms with Crippen molar-refractivity contribution in [1.82, 2.24) is 15.1 Å². The number of hydrogen-bond donors (Lipinski definition) is 1. The van der Waals surface area contributed by atoms with Gasteiger partial charge in [-0.3, -0.25) is 0 Å². The molecule has 108 valence electrons. The van der Waals surface area contributed by atoms with Gasteiger partial charge in [-0.2, -0.15) is 0 Å². The van der Waals surface area contributed by atoms with Gasteiger partial charge in [0.2, 0.25) is 0 Å². The van der Waals surface area contributed by atoms with E-state index in [9.17, 15) is 0 Å². The molecule has 0 amide bonds. The van der Waals surface area contributed by atoms with E-state index in [1.165, 1.54) is 64.7 Å². The van der Waals surface area contributed by atoms with E-state index in [0.717, 1.165) is 12.6 Å². The molecule has 0 bridgehead atoms. The number of likely N-dealkylation sites (tertiary alicyclic amines) is 1. The van der Waals surface area contributed by atoms with Gasteiger partial charge in [-0.25, -0.2) is 0 Å². The van der Waals surface area contributed by atoms with Crippen molar-refractivity contribution in [3.63, 3.8) is 0 Å². The minimum absolute atomic E-state index is 0.791. The molecule has 18 heavy (non-hydrogen) atoms. The summed E-state index contributed by atoms with van der Waals surface area (Å²) in [5, 5.41) is 3.56. The maximum Gasteiger partial charge on any atom is 0.0220 e. The third kappa shape index (κ3) is 6.72. The smallest absolute Gasteiger partial charge is 0.0220 e. The lowest BCUT2D eigenvalue weighted by Gasteiger charge is -2.25. The van der Waals surface area contributed by atoms with E-state index < -0.39 is 0 Å². The number of likely N-dealkylation sites (N-methyl/N-ethyl adjacent to an activating group) is 2. The number of rotatable bonds is 10. The van der Waals surface area contributed by atoms with Crippen molar-refractivity contribution < 1.29 is 0 Å². The molecule has 0 aromatic carbocycles. The largest absolute Gasteiger partial charge is 0.315 e. The molecule has 0 aliphatic carbocycles. The van der Waals surface area contributed by atoms with E-state index in [1.54, 1.807) is 0 Å². The molecule has 3 heteroatoms. The van der Waals surface area contributed by atoms with Crippen LogP contribution in [0.2, 0.25) is 0 Å². The third-order valence-electron chi connectivity index (χ3n) is 4.07. The first-order chi connectivity index (χ1) is 8.74. The van der Waals surface area contributed by atoms with Gasteiger partial charge in [0.25, 0.3) is 0 Å². The van der Waals surface area contributed by atoms with E-state index in [4.69, 9.17) is 0 Å². The van der Waals surface area contributed by atoms with Gasteiger partial charge in [-0.05, 0) is 46.4 Å². The molecular formula is C15H33N3. The maximum absolute atomic E-state index is 3.56. The fourth-order valence-electron chi connectivity index (χ4n) is 2.73. The van der Waals surface area contributed by atoms with Crippen LogP contribution < -0.4 is 5.32 Å². The molecule has 1 rings (SSSR count). The van der Waals surface area contributed by atoms with E-state index in [0.29, 0.717) is 0 Å². The van der Waals surface area contributed by atoms with E-state index in [-0.39, 0.29) is 0 Å². The summed E-state index contributed by atoms with van der Waals surface area (Å²) in [6, 6.07) is 0.791. The zero-order chi connectivity index (χ0) is 13.2. The van der Waals surface area contributed by atoms with Crippen LogP contribution in [0.4, 0.5) is 0 Å². The zero-order valence-electron chi connectivity index (χ0n) is 12.7. The molecule has 0 saturated carbocycles. The second-order valence-corrected chi connectivity index (χ2v) is 5.85. The van der Waals surface area contributed by atoms with Gasteiger partial charge >= 0.3 is 0 Å². The van der Waals surface area contributed by atoms with Crippen molar-refractivity contribution >= 4 is 0 Å². The summed E-state index contributed by atoms with van der Waals surface area (Å²) in [6.07, 6.45) is 8.19. The molecule has 3 nitrogen and oxygen atoms in total. The van der Waals surface area contributed by atoms with Crippen LogP contribution in [0.25, 0.3) is 0 Å². The van der Waals surface area contributed by atoms with Crippen molar-refractivity contribution in [2.24, 2.45) is 0 Å². The molecule has 0 spiro atoms. The fourth-order valence-corrected chi connectivity index (χ4v) is 2.73. The Bertz CT molecular complexity index is 196. The predicted octanol–water partition coefficient (Wildman–Crippen LogP) is 2.18. The second kappa shape index (κ2) is 9.76. The highest BCUT2D eigenvalue weighted by Crippen LogP contribution is 2.14. The van der Waals surface area contributed by atoms with Gasteiger partial charge in [0.05, 0.1) is 0 Å². The highest BCUT2D eigenvalue weighted by atomic mass is 15.2. The molecule has 0 aromatic rings. The Labute approximate surface area is 114 Å². The van der Waals surface area contributed by atoms with Crippen LogP contribution in [0.3, 0.4) is 0 Å². The van der Waals surface area contributed by atoms with Crippen molar-refractivity contribution in [1.29, 1.82) is 0 Å². The Kier molecular flexibility index (Phi) is 8.64. The summed E-state index contributed by atoms with van der Waals surface area (Å²) in [6.45, 7) is 8.29. The summed E-state index contributed by atoms with van der Waals surface area (Å²) in [5.74, 6) is 0. The van der Waals surface area contributed by atoms with E-state index in [1.807, 2.05) is 0 Å². The Morgan fingerprint density at radius 1 is 1.22 bits per heavy atom. The number of unbranched alkanes of at least 4 members (excludes halogenated alkanes) is 3. The van der Waals surface area contributed by atoms with Gasteiger partial charge in [-0.15, -0.1) is 0 Å². The maximum atomic E-state index is 3.56. The molecule has 1 N–H and O–H groups in total. The summed E-state index contributed by atoms with van der Waals surface area (Å²) in [7, 11) is 4.52. The Morgan fingerprint density at radius 2 is 2.06 bits per heavy atom. The summed E-state index contributed by atoms with van der Waals surface area (Å²) < 4.78 is 0. The van der Waals surface area contributed by atoms with Crippen molar-refractivity contribution in [2.75, 3.05) is 46.8 Å². The van der Waals surface area contributed by atoms with Crippen molar-refractivity contribution in [3.8, 4) is 0 Å². The van der Waals surface area contributed by atoms with Gasteiger partial charge in [-0.1, -0.05) is 26.2 Å². The summed E-state index contributed by atoms with van der Waals surface area (Å²) in [5.41, 5.74) is 0. The quantitative estimate of drug-likeness (QED) is 0.604. The zero-order valence-corrected chi connectivity index (χ0v) is 12.7. The lowest BCUT2D eigenvalue weighted by atomic mass is 10.2. The number of nitrogens with one attached hydrogen (secondary N) is 1. The van der Waals surface area contributed by atoms with E-state index >= 15 is 0 Å². The van der Waals surface area contributed by atoms with Gasteiger partial charge in [0, 0.05) is 25.7 Å². The normalized spacial score (nSPS) is 21.0. The third-order valence-corrected chi connectivity index (χ3v) is 4.07. The molecule has 1 aliphatic rings. The topological polar surface area (TPSA) is 18.5 Å². The molecule has 1 unspecified atom stereocenters. The highest BCUT2D eigenvalue weighted by Gasteiger charge is 2.21. The minimum atomic E-state index is 0.791. The Hall–Kier alpha value is -0.120. The van der Waals surface area contributed by atoms with Crippen LogP contribution in [0, 0.1) is 0 Å². The first kappa shape index (κ1) is 15.9. The fraction of sp³-hybridized carbons (Fsp3) is 1.00. The second-order valence-electron chi connectivity index (χ2n) is 5.85. The van der Waals surface area contributed by atoms with Crippen LogP contribution in [0.15, 0.2) is 0 Å². The SMILES string of the molecule is CCCCCCNCCN(C)CC1CCCN1C. The predicted molar refractivity (Wildman–Crippen MR) is 80.2 cm³/mol. The Morgan fingerprint density at radius 3 is 2.72 bits per heavy atom. The number of hydrogen-bond acceptors (Lipinski definition) is 3. The first-order valence-corrected chi connectivity index (χ1v) is 7.83. The monoisotopic (exact) mass is 255 g/mol. The molecule has 1 saturated heterocycles. The van der Waals surface area contributed by atoms with Crippen molar-refractivity contribution in [3.05, 3.63) is 0 Å². The number of nitrogens with zero attached hydrogens (tertiary/aromatic N) is 2. The summed E-state index contributed by atoms with van der Waals surface area (Å²) >= 11 is 0. The molecular weight excluding hydrogens is 222 g/mol. The molecule has 1 aliphatic heterocycles. The lowest BCUT2D eigenvalue weighted by Crippen LogP contribution is -2.39. The van der Waals surface area contributed by atoms with Crippen LogP contribution in [-0.4, -0.2) is 62.7 Å². The van der Waals surface area contributed by atoms with E-state index in [2.05, 4.69) is 36.1 Å².